The van der Waals surface area contributed by atoms with E-state index in [9.17, 15) is 4.39 Å². The normalized spacial score (nSPS) is 19.0. The van der Waals surface area contributed by atoms with Crippen molar-refractivity contribution < 1.29 is 9.13 Å². The van der Waals surface area contributed by atoms with E-state index < -0.39 is 0 Å². The fourth-order valence-corrected chi connectivity index (χ4v) is 2.58. The number of benzene rings is 1. The van der Waals surface area contributed by atoms with Crippen molar-refractivity contribution in [1.29, 1.82) is 0 Å². The predicted molar refractivity (Wildman–Crippen MR) is 71.2 cm³/mol. The molecule has 4 heteroatoms. The lowest BCUT2D eigenvalue weighted by Crippen LogP contribution is -2.37. The Labute approximate surface area is 108 Å². The smallest absolute Gasteiger partial charge is 0.130 e. The van der Waals surface area contributed by atoms with Crippen LogP contribution < -0.4 is 10.6 Å². The molecule has 100 valence electrons. The summed E-state index contributed by atoms with van der Waals surface area (Å²) >= 11 is 0. The van der Waals surface area contributed by atoms with Crippen LogP contribution in [0, 0.1) is 5.82 Å². The van der Waals surface area contributed by atoms with E-state index in [-0.39, 0.29) is 11.9 Å². The zero-order chi connectivity index (χ0) is 13.1. The Kier molecular flexibility index (Phi) is 4.19. The van der Waals surface area contributed by atoms with E-state index in [0.29, 0.717) is 11.7 Å². The number of rotatable bonds is 3. The quantitative estimate of drug-likeness (QED) is 0.898. The van der Waals surface area contributed by atoms with Crippen LogP contribution in [0.2, 0.25) is 0 Å². The molecule has 2 rings (SSSR count). The maximum atomic E-state index is 13.9. The summed E-state index contributed by atoms with van der Waals surface area (Å²) in [6.45, 7) is 3.60. The van der Waals surface area contributed by atoms with Crippen molar-refractivity contribution in [3.8, 4) is 0 Å². The van der Waals surface area contributed by atoms with Gasteiger partial charge in [-0.25, -0.2) is 4.39 Å². The van der Waals surface area contributed by atoms with Crippen LogP contribution in [-0.4, -0.2) is 26.3 Å². The van der Waals surface area contributed by atoms with E-state index in [1.807, 2.05) is 13.0 Å². The van der Waals surface area contributed by atoms with E-state index in [2.05, 4.69) is 4.90 Å². The van der Waals surface area contributed by atoms with Gasteiger partial charge in [-0.2, -0.15) is 0 Å². The van der Waals surface area contributed by atoms with Crippen LogP contribution in [0.3, 0.4) is 0 Å². The van der Waals surface area contributed by atoms with Crippen LogP contribution in [0.5, 0.6) is 0 Å². The van der Waals surface area contributed by atoms with E-state index in [1.165, 1.54) is 6.07 Å². The average molecular weight is 252 g/mol. The molecule has 0 amide bonds. The molecule has 0 radical (unpaired) electrons. The van der Waals surface area contributed by atoms with E-state index in [1.54, 1.807) is 13.2 Å². The van der Waals surface area contributed by atoms with Gasteiger partial charge in [0, 0.05) is 37.5 Å². The standard InChI is InChI=1S/C14H21FN2O/c1-10(16)14-12(15)4-3-5-13(14)17-8-6-11(18-2)7-9-17/h3-5,10-11H,6-9,16H2,1-2H3. The fourth-order valence-electron chi connectivity index (χ4n) is 2.58. The van der Waals surface area contributed by atoms with Gasteiger partial charge in [0.15, 0.2) is 0 Å². The summed E-state index contributed by atoms with van der Waals surface area (Å²) in [5, 5.41) is 0. The first kappa shape index (κ1) is 13.3. The van der Waals surface area contributed by atoms with Gasteiger partial charge in [-0.15, -0.1) is 0 Å². The lowest BCUT2D eigenvalue weighted by atomic mass is 10.0. The first-order chi connectivity index (χ1) is 8.63. The number of methoxy groups -OCH3 is 1. The summed E-state index contributed by atoms with van der Waals surface area (Å²) in [6.07, 6.45) is 2.28. The molecule has 1 aliphatic heterocycles. The first-order valence-electron chi connectivity index (χ1n) is 6.45. The number of piperidine rings is 1. The van der Waals surface area contributed by atoms with Crippen molar-refractivity contribution in [2.45, 2.75) is 31.9 Å². The summed E-state index contributed by atoms with van der Waals surface area (Å²) in [5.41, 5.74) is 7.43. The van der Waals surface area contributed by atoms with E-state index in [0.717, 1.165) is 31.6 Å². The third kappa shape index (κ3) is 2.65. The Hall–Kier alpha value is -1.13. The third-order valence-corrected chi connectivity index (χ3v) is 3.60. The Morgan fingerprint density at radius 2 is 2.06 bits per heavy atom. The van der Waals surface area contributed by atoms with Crippen LogP contribution >= 0.6 is 0 Å². The summed E-state index contributed by atoms with van der Waals surface area (Å²) in [7, 11) is 1.75. The minimum atomic E-state index is -0.290. The highest BCUT2D eigenvalue weighted by molar-refractivity contribution is 5.55. The first-order valence-corrected chi connectivity index (χ1v) is 6.45. The molecule has 0 aromatic heterocycles. The maximum Gasteiger partial charge on any atom is 0.130 e. The van der Waals surface area contributed by atoms with Gasteiger partial charge in [0.2, 0.25) is 0 Å². The molecule has 0 saturated carbocycles. The highest BCUT2D eigenvalue weighted by Crippen LogP contribution is 2.30. The zero-order valence-electron chi connectivity index (χ0n) is 11.0. The van der Waals surface area contributed by atoms with E-state index in [4.69, 9.17) is 10.5 Å². The Morgan fingerprint density at radius 1 is 1.39 bits per heavy atom. The molecule has 1 fully saturated rings. The molecule has 1 aliphatic rings. The minimum Gasteiger partial charge on any atom is -0.381 e. The van der Waals surface area contributed by atoms with Gasteiger partial charge in [-0.1, -0.05) is 6.07 Å². The molecule has 18 heavy (non-hydrogen) atoms. The molecule has 1 saturated heterocycles. The van der Waals surface area contributed by atoms with Gasteiger partial charge in [0.1, 0.15) is 5.82 Å². The van der Waals surface area contributed by atoms with Crippen molar-refractivity contribution in [2.75, 3.05) is 25.1 Å². The van der Waals surface area contributed by atoms with Gasteiger partial charge < -0.3 is 15.4 Å². The van der Waals surface area contributed by atoms with Gasteiger partial charge in [0.05, 0.1) is 6.10 Å². The lowest BCUT2D eigenvalue weighted by Gasteiger charge is -2.34. The molecule has 3 nitrogen and oxygen atoms in total. The molecule has 1 heterocycles. The minimum absolute atomic E-state index is 0.212. The molecular formula is C14H21FN2O. The number of nitrogens with zero attached hydrogens (tertiary/aromatic N) is 1. The van der Waals surface area contributed by atoms with Crippen molar-refractivity contribution in [1.82, 2.24) is 0 Å². The zero-order valence-corrected chi connectivity index (χ0v) is 11.0. The van der Waals surface area contributed by atoms with Crippen molar-refractivity contribution >= 4 is 5.69 Å². The Morgan fingerprint density at radius 3 is 2.61 bits per heavy atom. The average Bonchev–Trinajstić information content (AvgIpc) is 2.38. The molecule has 1 unspecified atom stereocenters. The molecule has 1 aromatic rings. The Balaban J connectivity index is 2.21. The largest absolute Gasteiger partial charge is 0.381 e. The maximum absolute atomic E-state index is 13.9. The number of nitrogens with two attached hydrogens (primary N) is 1. The molecule has 1 aromatic carbocycles. The highest BCUT2D eigenvalue weighted by Gasteiger charge is 2.22. The second-order valence-corrected chi connectivity index (χ2v) is 4.88. The molecule has 0 spiro atoms. The van der Waals surface area contributed by atoms with Gasteiger partial charge >= 0.3 is 0 Å². The highest BCUT2D eigenvalue weighted by atomic mass is 19.1. The lowest BCUT2D eigenvalue weighted by molar-refractivity contribution is 0.0819. The van der Waals surface area contributed by atoms with Crippen LogP contribution in [-0.2, 0) is 4.74 Å². The summed E-state index contributed by atoms with van der Waals surface area (Å²) < 4.78 is 19.2. The second kappa shape index (κ2) is 5.67. The van der Waals surface area contributed by atoms with Crippen molar-refractivity contribution in [3.63, 3.8) is 0 Å². The summed E-state index contributed by atoms with van der Waals surface area (Å²) in [4.78, 5) is 2.21. The van der Waals surface area contributed by atoms with Crippen LogP contribution in [0.15, 0.2) is 18.2 Å². The molecule has 0 aliphatic carbocycles. The summed E-state index contributed by atoms with van der Waals surface area (Å²) in [6, 6.07) is 4.89. The van der Waals surface area contributed by atoms with E-state index >= 15 is 0 Å². The van der Waals surface area contributed by atoms with Crippen LogP contribution in [0.4, 0.5) is 10.1 Å². The monoisotopic (exact) mass is 252 g/mol. The second-order valence-electron chi connectivity index (χ2n) is 4.88. The number of anilines is 1. The predicted octanol–water partition coefficient (Wildman–Crippen LogP) is 2.46. The molecule has 0 bridgehead atoms. The Bertz CT molecular complexity index is 401. The number of halogens is 1. The summed E-state index contributed by atoms with van der Waals surface area (Å²) in [5.74, 6) is -0.212. The van der Waals surface area contributed by atoms with Crippen molar-refractivity contribution in [3.05, 3.63) is 29.6 Å². The van der Waals surface area contributed by atoms with Gasteiger partial charge in [0.25, 0.3) is 0 Å². The number of hydrogen-bond donors (Lipinski definition) is 1. The number of hydrogen-bond acceptors (Lipinski definition) is 3. The van der Waals surface area contributed by atoms with Gasteiger partial charge in [-0.3, -0.25) is 0 Å². The van der Waals surface area contributed by atoms with Crippen LogP contribution in [0.25, 0.3) is 0 Å². The van der Waals surface area contributed by atoms with Crippen molar-refractivity contribution in [2.24, 2.45) is 5.73 Å². The van der Waals surface area contributed by atoms with Gasteiger partial charge in [-0.05, 0) is 31.9 Å². The SMILES string of the molecule is COC1CCN(c2cccc(F)c2C(C)N)CC1. The number of ether oxygens (including phenoxy) is 1. The van der Waals surface area contributed by atoms with Crippen LogP contribution in [0.1, 0.15) is 31.4 Å². The third-order valence-electron chi connectivity index (χ3n) is 3.60. The fraction of sp³-hybridized carbons (Fsp3) is 0.571. The topological polar surface area (TPSA) is 38.5 Å². The molecule has 1 atom stereocenters. The molecular weight excluding hydrogens is 231 g/mol. The molecule has 2 N–H and O–H groups in total.